The Morgan fingerprint density at radius 2 is 1.25 bits per heavy atom. The van der Waals surface area contributed by atoms with Crippen molar-refractivity contribution in [3.8, 4) is 22.4 Å². The van der Waals surface area contributed by atoms with E-state index in [4.69, 9.17) is 69.6 Å². The molecule has 3 aromatic rings. The molecule has 0 fully saturated rings. The summed E-state index contributed by atoms with van der Waals surface area (Å²) in [5.74, 6) is -1.03. The lowest BCUT2D eigenvalue weighted by atomic mass is 9.97. The smallest absolute Gasteiger partial charge is 0.307 e. The molecule has 0 aliphatic heterocycles. The fraction of sp³-hybridized carbons (Fsp3) is 0.0526. The van der Waals surface area contributed by atoms with Crippen LogP contribution in [0.3, 0.4) is 0 Å². The van der Waals surface area contributed by atoms with Crippen molar-refractivity contribution in [3.05, 3.63) is 72.2 Å². The van der Waals surface area contributed by atoms with Gasteiger partial charge in [-0.1, -0.05) is 69.6 Å². The second-order valence-corrected chi connectivity index (χ2v) is 8.29. The van der Waals surface area contributed by atoms with Gasteiger partial charge in [0.25, 0.3) is 0 Å². The molecule has 3 rings (SSSR count). The Labute approximate surface area is 190 Å². The number of aliphatic carboxylic acids is 1. The first-order chi connectivity index (χ1) is 13.2. The number of rotatable bonds is 4. The van der Waals surface area contributed by atoms with Crippen LogP contribution in [0.1, 0.15) is 5.56 Å². The minimum Gasteiger partial charge on any atom is -0.481 e. The van der Waals surface area contributed by atoms with Gasteiger partial charge in [0.1, 0.15) is 0 Å². The highest BCUT2D eigenvalue weighted by atomic mass is 35.5. The minimum atomic E-state index is -1.03. The zero-order valence-corrected chi connectivity index (χ0v) is 18.3. The summed E-state index contributed by atoms with van der Waals surface area (Å²) in [7, 11) is 0. The fourth-order valence-electron chi connectivity index (χ4n) is 2.75. The average Bonchev–Trinajstić information content (AvgIpc) is 2.54. The second kappa shape index (κ2) is 8.66. The van der Waals surface area contributed by atoms with Gasteiger partial charge in [0, 0.05) is 32.9 Å². The molecule has 144 valence electrons. The molecule has 0 atom stereocenters. The highest BCUT2D eigenvalue weighted by Crippen LogP contribution is 2.41. The van der Waals surface area contributed by atoms with Crippen LogP contribution in [0.15, 0.2) is 36.5 Å². The van der Waals surface area contributed by atoms with Gasteiger partial charge in [-0.05, 0) is 35.9 Å². The third-order valence-corrected chi connectivity index (χ3v) is 5.50. The van der Waals surface area contributed by atoms with Gasteiger partial charge in [-0.15, -0.1) is 0 Å². The number of nitrogens with zero attached hydrogens (tertiary/aromatic N) is 1. The van der Waals surface area contributed by atoms with E-state index >= 15 is 0 Å². The van der Waals surface area contributed by atoms with Gasteiger partial charge in [-0.2, -0.15) is 0 Å². The number of hydrogen-bond donors (Lipinski definition) is 1. The summed E-state index contributed by atoms with van der Waals surface area (Å²) in [4.78, 5) is 15.8. The first-order valence-electron chi connectivity index (χ1n) is 7.68. The van der Waals surface area contributed by atoms with Crippen molar-refractivity contribution in [1.29, 1.82) is 0 Å². The zero-order chi connectivity index (χ0) is 20.6. The van der Waals surface area contributed by atoms with Gasteiger partial charge >= 0.3 is 5.97 Å². The van der Waals surface area contributed by atoms with Crippen LogP contribution in [0.5, 0.6) is 0 Å². The van der Waals surface area contributed by atoms with Crippen molar-refractivity contribution >= 4 is 75.6 Å². The molecule has 28 heavy (non-hydrogen) atoms. The van der Waals surface area contributed by atoms with E-state index in [-0.39, 0.29) is 16.5 Å². The molecule has 1 heterocycles. The number of carboxylic acid groups (broad SMARTS) is 1. The van der Waals surface area contributed by atoms with E-state index in [1.807, 2.05) is 0 Å². The summed E-state index contributed by atoms with van der Waals surface area (Å²) in [6, 6.07) is 7.70. The maximum atomic E-state index is 11.4. The zero-order valence-electron chi connectivity index (χ0n) is 13.7. The van der Waals surface area contributed by atoms with Crippen molar-refractivity contribution in [2.24, 2.45) is 0 Å². The molecule has 0 unspecified atom stereocenters. The van der Waals surface area contributed by atoms with Gasteiger partial charge in [-0.3, -0.25) is 9.78 Å². The van der Waals surface area contributed by atoms with E-state index in [2.05, 4.69) is 4.98 Å². The monoisotopic (exact) mass is 493 g/mol. The predicted molar refractivity (Wildman–Crippen MR) is 117 cm³/mol. The van der Waals surface area contributed by atoms with E-state index in [9.17, 15) is 9.90 Å². The molecule has 1 N–H and O–H groups in total. The van der Waals surface area contributed by atoms with E-state index in [0.29, 0.717) is 48.0 Å². The Bertz CT molecular complexity index is 1050. The van der Waals surface area contributed by atoms with Gasteiger partial charge in [0.05, 0.1) is 32.2 Å². The molecule has 0 aliphatic carbocycles. The molecule has 0 radical (unpaired) electrons. The molecule has 0 spiro atoms. The summed E-state index contributed by atoms with van der Waals surface area (Å²) in [5, 5.41) is 11.2. The highest BCUT2D eigenvalue weighted by Gasteiger charge is 2.19. The normalized spacial score (nSPS) is 10.9. The van der Waals surface area contributed by atoms with E-state index < -0.39 is 5.97 Å². The molecule has 0 saturated heterocycles. The molecule has 0 bridgehead atoms. The first kappa shape index (κ1) is 21.5. The largest absolute Gasteiger partial charge is 0.481 e. The lowest BCUT2D eigenvalue weighted by molar-refractivity contribution is -0.136. The predicted octanol–water partition coefficient (Wildman–Crippen LogP) is 7.96. The molecule has 9 heteroatoms. The standard InChI is InChI=1S/C19H9Cl6NO2/c20-9-3-12(22)18(13(23)4-9)11-7-26-16(1-8(11)2-17(27)28)19-14(24)5-10(21)6-15(19)25/h1,3-7H,2H2,(H,27,28). The van der Waals surface area contributed by atoms with Crippen LogP contribution >= 0.6 is 69.6 Å². The third-order valence-electron chi connectivity index (χ3n) is 3.87. The SMILES string of the molecule is O=C(O)Cc1cc(-c2c(Cl)cc(Cl)cc2Cl)ncc1-c1c(Cl)cc(Cl)cc1Cl. The quantitative estimate of drug-likeness (QED) is 0.399. The number of pyridine rings is 1. The fourth-order valence-corrected chi connectivity index (χ4v) is 4.79. The van der Waals surface area contributed by atoms with Gasteiger partial charge in [-0.25, -0.2) is 0 Å². The average molecular weight is 496 g/mol. The van der Waals surface area contributed by atoms with E-state index in [1.54, 1.807) is 6.07 Å². The molecule has 1 aromatic heterocycles. The number of aromatic nitrogens is 1. The van der Waals surface area contributed by atoms with Crippen LogP contribution in [0.4, 0.5) is 0 Å². The van der Waals surface area contributed by atoms with Crippen molar-refractivity contribution in [1.82, 2.24) is 4.98 Å². The molecular formula is C19H9Cl6NO2. The maximum absolute atomic E-state index is 11.4. The Hall–Kier alpha value is -1.20. The molecule has 0 aliphatic rings. The van der Waals surface area contributed by atoms with Crippen molar-refractivity contribution in [2.75, 3.05) is 0 Å². The van der Waals surface area contributed by atoms with E-state index in [0.717, 1.165) is 0 Å². The molecule has 0 saturated carbocycles. The van der Waals surface area contributed by atoms with Crippen LogP contribution in [0, 0.1) is 0 Å². The van der Waals surface area contributed by atoms with Crippen molar-refractivity contribution < 1.29 is 9.90 Å². The van der Waals surface area contributed by atoms with Crippen LogP contribution in [-0.4, -0.2) is 16.1 Å². The maximum Gasteiger partial charge on any atom is 0.307 e. The summed E-state index contributed by atoms with van der Waals surface area (Å²) in [5.41, 5.74) is 2.19. The Morgan fingerprint density at radius 1 is 0.786 bits per heavy atom. The number of benzene rings is 2. The summed E-state index contributed by atoms with van der Waals surface area (Å²) >= 11 is 37.1. The number of halogens is 6. The Kier molecular flexibility index (Phi) is 6.65. The number of carbonyl (C=O) groups is 1. The molecule has 2 aromatic carbocycles. The highest BCUT2D eigenvalue weighted by molar-refractivity contribution is 6.42. The lowest BCUT2D eigenvalue weighted by Crippen LogP contribution is -2.04. The van der Waals surface area contributed by atoms with Crippen LogP contribution < -0.4 is 0 Å². The van der Waals surface area contributed by atoms with Crippen molar-refractivity contribution in [2.45, 2.75) is 6.42 Å². The Morgan fingerprint density at radius 3 is 1.71 bits per heavy atom. The van der Waals surface area contributed by atoms with Gasteiger partial charge in [0.2, 0.25) is 0 Å². The third kappa shape index (κ3) is 4.51. The molecular weight excluding hydrogens is 487 g/mol. The van der Waals surface area contributed by atoms with Gasteiger partial charge in [0.15, 0.2) is 0 Å². The lowest BCUT2D eigenvalue weighted by Gasteiger charge is -2.15. The van der Waals surface area contributed by atoms with Crippen LogP contribution in [0.2, 0.25) is 30.1 Å². The minimum absolute atomic E-state index is 0.279. The summed E-state index contributed by atoms with van der Waals surface area (Å²) in [6.45, 7) is 0. The first-order valence-corrected chi connectivity index (χ1v) is 9.94. The molecule has 0 amide bonds. The van der Waals surface area contributed by atoms with Crippen molar-refractivity contribution in [3.63, 3.8) is 0 Å². The summed E-state index contributed by atoms with van der Waals surface area (Å²) in [6.07, 6.45) is 1.19. The van der Waals surface area contributed by atoms with Gasteiger partial charge < -0.3 is 5.11 Å². The van der Waals surface area contributed by atoms with E-state index in [1.165, 1.54) is 30.5 Å². The number of carboxylic acids is 1. The molecule has 3 nitrogen and oxygen atoms in total. The van der Waals surface area contributed by atoms with Crippen LogP contribution in [-0.2, 0) is 11.2 Å². The second-order valence-electron chi connectivity index (χ2n) is 5.79. The number of hydrogen-bond acceptors (Lipinski definition) is 2. The van der Waals surface area contributed by atoms with Crippen LogP contribution in [0.25, 0.3) is 22.4 Å². The topological polar surface area (TPSA) is 50.2 Å². The summed E-state index contributed by atoms with van der Waals surface area (Å²) < 4.78 is 0. The Balaban J connectivity index is 2.24.